The molecule has 5 heteroatoms. The van der Waals surface area contributed by atoms with Crippen LogP contribution in [-0.2, 0) is 0 Å². The lowest BCUT2D eigenvalue weighted by atomic mass is 10.1. The van der Waals surface area contributed by atoms with E-state index in [2.05, 4.69) is 9.97 Å². The molecule has 2 aromatic rings. The maximum Gasteiger partial charge on any atom is 0.220 e. The molecular weight excluding hydrogens is 218 g/mol. The lowest BCUT2D eigenvalue weighted by Gasteiger charge is -2.09. The first kappa shape index (κ1) is 11.2. The minimum atomic E-state index is 0.236. The predicted molar refractivity (Wildman–Crippen MR) is 65.0 cm³/mol. The van der Waals surface area contributed by atoms with E-state index >= 15 is 0 Å². The highest BCUT2D eigenvalue weighted by Gasteiger charge is 2.08. The molecule has 0 aliphatic heterocycles. The fraction of sp³-hybridized carbons (Fsp3) is 0.167. The van der Waals surface area contributed by atoms with E-state index in [0.717, 1.165) is 17.0 Å². The van der Waals surface area contributed by atoms with Crippen molar-refractivity contribution in [3.8, 4) is 22.8 Å². The van der Waals surface area contributed by atoms with Crippen LogP contribution in [0.1, 0.15) is 0 Å². The third-order valence-electron chi connectivity index (χ3n) is 2.36. The van der Waals surface area contributed by atoms with Gasteiger partial charge in [-0.1, -0.05) is 0 Å². The second-order valence-corrected chi connectivity index (χ2v) is 3.37. The van der Waals surface area contributed by atoms with Gasteiger partial charge in [-0.25, -0.2) is 9.97 Å². The zero-order chi connectivity index (χ0) is 12.3. The maximum absolute atomic E-state index is 5.56. The van der Waals surface area contributed by atoms with Crippen LogP contribution in [0.3, 0.4) is 0 Å². The van der Waals surface area contributed by atoms with E-state index in [1.807, 2.05) is 12.1 Å². The monoisotopic (exact) mass is 231 g/mol. The predicted octanol–water partition coefficient (Wildman–Crippen LogP) is 1.74. The number of hydrogen-bond donors (Lipinski definition) is 1. The van der Waals surface area contributed by atoms with E-state index in [1.165, 1.54) is 0 Å². The van der Waals surface area contributed by atoms with Crippen molar-refractivity contribution in [1.82, 2.24) is 9.97 Å². The van der Waals surface area contributed by atoms with Gasteiger partial charge in [-0.3, -0.25) is 0 Å². The molecule has 0 radical (unpaired) electrons. The number of anilines is 1. The second kappa shape index (κ2) is 4.69. The van der Waals surface area contributed by atoms with Crippen molar-refractivity contribution in [1.29, 1.82) is 0 Å². The van der Waals surface area contributed by atoms with Gasteiger partial charge in [0.2, 0.25) is 5.95 Å². The lowest BCUT2D eigenvalue weighted by molar-refractivity contribution is 0.395. The second-order valence-electron chi connectivity index (χ2n) is 3.37. The van der Waals surface area contributed by atoms with Crippen molar-refractivity contribution >= 4 is 5.95 Å². The van der Waals surface area contributed by atoms with E-state index in [-0.39, 0.29) is 5.95 Å². The zero-order valence-electron chi connectivity index (χ0n) is 9.68. The van der Waals surface area contributed by atoms with Gasteiger partial charge in [-0.15, -0.1) is 0 Å². The van der Waals surface area contributed by atoms with Crippen molar-refractivity contribution < 1.29 is 9.47 Å². The van der Waals surface area contributed by atoms with Gasteiger partial charge < -0.3 is 15.2 Å². The van der Waals surface area contributed by atoms with Gasteiger partial charge in [0.05, 0.1) is 19.9 Å². The van der Waals surface area contributed by atoms with Crippen LogP contribution >= 0.6 is 0 Å². The smallest absolute Gasteiger partial charge is 0.220 e. The number of rotatable bonds is 3. The minimum Gasteiger partial charge on any atom is -0.497 e. The average Bonchev–Trinajstić information content (AvgIpc) is 2.38. The molecule has 17 heavy (non-hydrogen) atoms. The molecule has 0 aliphatic carbocycles. The van der Waals surface area contributed by atoms with Crippen LogP contribution in [0.15, 0.2) is 30.5 Å². The summed E-state index contributed by atoms with van der Waals surface area (Å²) >= 11 is 0. The highest BCUT2D eigenvalue weighted by atomic mass is 16.5. The van der Waals surface area contributed by atoms with Gasteiger partial charge in [0.15, 0.2) is 0 Å². The molecule has 0 atom stereocenters. The largest absolute Gasteiger partial charge is 0.497 e. The van der Waals surface area contributed by atoms with E-state index in [9.17, 15) is 0 Å². The summed E-state index contributed by atoms with van der Waals surface area (Å²) in [7, 11) is 3.21. The molecular formula is C12H13N3O2. The Kier molecular flexibility index (Phi) is 3.09. The molecule has 1 heterocycles. The summed E-state index contributed by atoms with van der Waals surface area (Å²) in [5.41, 5.74) is 7.12. The molecule has 1 aromatic heterocycles. The van der Waals surface area contributed by atoms with E-state index in [0.29, 0.717) is 5.75 Å². The van der Waals surface area contributed by atoms with Crippen molar-refractivity contribution in [3.63, 3.8) is 0 Å². The quantitative estimate of drug-likeness (QED) is 0.871. The summed E-state index contributed by atoms with van der Waals surface area (Å²) in [6, 6.07) is 7.30. The molecule has 0 saturated heterocycles. The molecule has 1 aromatic carbocycles. The first-order valence-corrected chi connectivity index (χ1v) is 5.05. The Morgan fingerprint density at radius 1 is 1.12 bits per heavy atom. The number of hydrogen-bond acceptors (Lipinski definition) is 5. The topological polar surface area (TPSA) is 70.3 Å². The van der Waals surface area contributed by atoms with Gasteiger partial charge >= 0.3 is 0 Å². The molecule has 2 N–H and O–H groups in total. The number of nitrogen functional groups attached to an aromatic ring is 1. The first-order chi connectivity index (χ1) is 8.24. The van der Waals surface area contributed by atoms with Gasteiger partial charge in [-0.05, 0) is 18.2 Å². The highest BCUT2D eigenvalue weighted by Crippen LogP contribution is 2.32. The van der Waals surface area contributed by atoms with Crippen LogP contribution in [0, 0.1) is 0 Å². The Morgan fingerprint density at radius 2 is 1.94 bits per heavy atom. The zero-order valence-corrected chi connectivity index (χ0v) is 9.68. The molecule has 0 saturated carbocycles. The highest BCUT2D eigenvalue weighted by molar-refractivity contribution is 5.68. The maximum atomic E-state index is 5.56. The number of methoxy groups -OCH3 is 2. The molecule has 5 nitrogen and oxygen atoms in total. The van der Waals surface area contributed by atoms with E-state index in [4.69, 9.17) is 15.2 Å². The summed E-state index contributed by atoms with van der Waals surface area (Å²) in [6.45, 7) is 0. The molecule has 0 fully saturated rings. The molecule has 0 aliphatic rings. The van der Waals surface area contributed by atoms with Crippen LogP contribution in [0.25, 0.3) is 11.3 Å². The number of ether oxygens (including phenoxy) is 2. The summed E-state index contributed by atoms with van der Waals surface area (Å²) in [6.07, 6.45) is 1.61. The van der Waals surface area contributed by atoms with Gasteiger partial charge in [0.25, 0.3) is 0 Å². The van der Waals surface area contributed by atoms with Crippen molar-refractivity contribution in [2.24, 2.45) is 0 Å². The third-order valence-corrected chi connectivity index (χ3v) is 2.36. The summed E-state index contributed by atoms with van der Waals surface area (Å²) < 4.78 is 10.4. The third kappa shape index (κ3) is 2.28. The fourth-order valence-electron chi connectivity index (χ4n) is 1.53. The molecule has 88 valence electrons. The number of benzene rings is 1. The molecule has 0 bridgehead atoms. The van der Waals surface area contributed by atoms with E-state index < -0.39 is 0 Å². The standard InChI is InChI=1S/C12H13N3O2/c1-16-8-3-4-9(11(7-8)17-2)10-5-6-14-12(13)15-10/h3-7H,1-2H3,(H2,13,14,15). The van der Waals surface area contributed by atoms with Crippen molar-refractivity contribution in [2.75, 3.05) is 20.0 Å². The normalized spacial score (nSPS) is 10.0. The van der Waals surface area contributed by atoms with Gasteiger partial charge in [0.1, 0.15) is 11.5 Å². The van der Waals surface area contributed by atoms with E-state index in [1.54, 1.807) is 32.5 Å². The molecule has 2 rings (SSSR count). The molecule has 0 unspecified atom stereocenters. The van der Waals surface area contributed by atoms with Gasteiger partial charge in [0, 0.05) is 17.8 Å². The minimum absolute atomic E-state index is 0.236. The van der Waals surface area contributed by atoms with Gasteiger partial charge in [-0.2, -0.15) is 0 Å². The Morgan fingerprint density at radius 3 is 2.59 bits per heavy atom. The van der Waals surface area contributed by atoms with Crippen molar-refractivity contribution in [3.05, 3.63) is 30.5 Å². The van der Waals surface area contributed by atoms with Crippen molar-refractivity contribution in [2.45, 2.75) is 0 Å². The fourth-order valence-corrected chi connectivity index (χ4v) is 1.53. The van der Waals surface area contributed by atoms with Crippen LogP contribution in [-0.4, -0.2) is 24.2 Å². The van der Waals surface area contributed by atoms with Crippen LogP contribution < -0.4 is 15.2 Å². The molecule has 0 amide bonds. The number of nitrogens with zero attached hydrogens (tertiary/aromatic N) is 2. The summed E-state index contributed by atoms with van der Waals surface area (Å²) in [5.74, 6) is 1.65. The average molecular weight is 231 g/mol. The Hall–Kier alpha value is -2.30. The first-order valence-electron chi connectivity index (χ1n) is 5.05. The number of aromatic nitrogens is 2. The Bertz CT molecular complexity index is 529. The van der Waals surface area contributed by atoms with Crippen LogP contribution in [0.2, 0.25) is 0 Å². The summed E-state index contributed by atoms with van der Waals surface area (Å²) in [5, 5.41) is 0. The summed E-state index contributed by atoms with van der Waals surface area (Å²) in [4.78, 5) is 8.01. The molecule has 0 spiro atoms. The van der Waals surface area contributed by atoms with Crippen LogP contribution in [0.4, 0.5) is 5.95 Å². The Balaban J connectivity index is 2.51. The Labute approximate surface area is 99.2 Å². The van der Waals surface area contributed by atoms with Crippen LogP contribution in [0.5, 0.6) is 11.5 Å². The SMILES string of the molecule is COc1ccc(-c2ccnc(N)n2)c(OC)c1. The number of nitrogens with two attached hydrogens (primary N) is 1. The lowest BCUT2D eigenvalue weighted by Crippen LogP contribution is -1.97.